The van der Waals surface area contributed by atoms with Gasteiger partial charge in [0, 0.05) is 11.1 Å². The van der Waals surface area contributed by atoms with Crippen LogP contribution in [0, 0.1) is 0 Å². The van der Waals surface area contributed by atoms with E-state index in [4.69, 9.17) is 0 Å². The Labute approximate surface area is 89.3 Å². The van der Waals surface area contributed by atoms with Crippen molar-refractivity contribution in [2.75, 3.05) is 13.2 Å². The van der Waals surface area contributed by atoms with Crippen molar-refractivity contribution in [3.63, 3.8) is 0 Å². The summed E-state index contributed by atoms with van der Waals surface area (Å²) in [6.45, 7) is 9.95. The van der Waals surface area contributed by atoms with Crippen molar-refractivity contribution in [2.45, 2.75) is 13.8 Å². The topological polar surface area (TPSA) is 87.6 Å². The molecule has 15 heavy (non-hydrogen) atoms. The minimum absolute atomic E-state index is 0. The minimum Gasteiger partial charge on any atom is -0.459 e. The summed E-state index contributed by atoms with van der Waals surface area (Å²) in [5.41, 5.74) is 0.632. The Kier molecular flexibility index (Phi) is 8.18. The van der Waals surface area contributed by atoms with E-state index < -0.39 is 11.9 Å². The van der Waals surface area contributed by atoms with Gasteiger partial charge in [0.2, 0.25) is 0 Å². The molecule has 0 aromatic rings. The van der Waals surface area contributed by atoms with Crippen LogP contribution in [0.15, 0.2) is 24.3 Å². The number of hydrogen-bond donors (Lipinski definition) is 1. The Hall–Kier alpha value is -1.62. The summed E-state index contributed by atoms with van der Waals surface area (Å²) in [7, 11) is 0. The van der Waals surface area contributed by atoms with E-state index in [0.717, 1.165) is 0 Å². The average Bonchev–Trinajstić information content (AvgIpc) is 2.11. The van der Waals surface area contributed by atoms with Crippen molar-refractivity contribution in [3.8, 4) is 0 Å². The molecule has 0 atom stereocenters. The van der Waals surface area contributed by atoms with Crippen LogP contribution in [0.5, 0.6) is 0 Å². The lowest BCUT2D eigenvalue weighted by molar-refractivity contribution is -0.147. The molecular formula is C10H17NO4. The number of rotatable bonds is 5. The maximum atomic E-state index is 10.8. The van der Waals surface area contributed by atoms with Crippen molar-refractivity contribution in [1.29, 1.82) is 0 Å². The van der Waals surface area contributed by atoms with Crippen LogP contribution in [0.1, 0.15) is 13.8 Å². The third kappa shape index (κ3) is 7.45. The van der Waals surface area contributed by atoms with Crippen molar-refractivity contribution < 1.29 is 19.1 Å². The molecule has 0 fully saturated rings. The molecule has 0 saturated carbocycles. The first-order valence-corrected chi connectivity index (χ1v) is 4.10. The zero-order valence-corrected chi connectivity index (χ0v) is 9.17. The highest BCUT2D eigenvalue weighted by atomic mass is 16.6. The summed E-state index contributed by atoms with van der Waals surface area (Å²) >= 11 is 0. The first-order chi connectivity index (χ1) is 6.45. The van der Waals surface area contributed by atoms with Gasteiger partial charge in [-0.25, -0.2) is 9.59 Å². The van der Waals surface area contributed by atoms with Gasteiger partial charge < -0.3 is 15.6 Å². The molecule has 0 aliphatic rings. The first kappa shape index (κ1) is 15.8. The van der Waals surface area contributed by atoms with Crippen molar-refractivity contribution >= 4 is 11.9 Å². The molecular weight excluding hydrogens is 198 g/mol. The summed E-state index contributed by atoms with van der Waals surface area (Å²) < 4.78 is 9.38. The number of esters is 2. The Morgan fingerprint density at radius 3 is 1.40 bits per heavy atom. The maximum absolute atomic E-state index is 10.8. The highest BCUT2D eigenvalue weighted by Gasteiger charge is 2.05. The molecule has 0 aromatic heterocycles. The fourth-order valence-corrected chi connectivity index (χ4v) is 0.515. The Morgan fingerprint density at radius 2 is 1.20 bits per heavy atom. The second-order valence-electron chi connectivity index (χ2n) is 2.83. The molecule has 0 radical (unpaired) electrons. The highest BCUT2D eigenvalue weighted by Crippen LogP contribution is 1.94. The van der Waals surface area contributed by atoms with Crippen LogP contribution in [-0.2, 0) is 19.1 Å². The highest BCUT2D eigenvalue weighted by molar-refractivity contribution is 5.87. The molecule has 3 N–H and O–H groups in total. The SMILES string of the molecule is C=C(C)C(=O)OCCOC(=O)C(=C)C.N. The molecule has 0 heterocycles. The van der Waals surface area contributed by atoms with Gasteiger partial charge >= 0.3 is 11.9 Å². The van der Waals surface area contributed by atoms with E-state index in [1.807, 2.05) is 0 Å². The molecule has 0 bridgehead atoms. The van der Waals surface area contributed by atoms with E-state index in [0.29, 0.717) is 11.1 Å². The molecule has 0 aliphatic heterocycles. The third-order valence-electron chi connectivity index (χ3n) is 1.25. The fourth-order valence-electron chi connectivity index (χ4n) is 0.515. The van der Waals surface area contributed by atoms with Gasteiger partial charge in [0.05, 0.1) is 0 Å². The van der Waals surface area contributed by atoms with Gasteiger partial charge in [0.1, 0.15) is 13.2 Å². The molecule has 0 amide bonds. The lowest BCUT2D eigenvalue weighted by Crippen LogP contribution is -2.14. The summed E-state index contributed by atoms with van der Waals surface area (Å²) in [5, 5.41) is 0. The lowest BCUT2D eigenvalue weighted by atomic mass is 10.4. The smallest absolute Gasteiger partial charge is 0.333 e. The normalized spacial score (nSPS) is 8.40. The first-order valence-electron chi connectivity index (χ1n) is 4.10. The van der Waals surface area contributed by atoms with Crippen LogP contribution in [0.3, 0.4) is 0 Å². The van der Waals surface area contributed by atoms with Crippen molar-refractivity contribution in [3.05, 3.63) is 24.3 Å². The van der Waals surface area contributed by atoms with E-state index in [2.05, 4.69) is 22.6 Å². The summed E-state index contributed by atoms with van der Waals surface area (Å²) in [6.07, 6.45) is 0. The Morgan fingerprint density at radius 1 is 0.933 bits per heavy atom. The Balaban J connectivity index is 0. The van der Waals surface area contributed by atoms with E-state index in [-0.39, 0.29) is 19.4 Å². The zero-order valence-electron chi connectivity index (χ0n) is 9.17. The summed E-state index contributed by atoms with van der Waals surface area (Å²) in [5.74, 6) is -0.979. The molecule has 0 rings (SSSR count). The molecule has 0 unspecified atom stereocenters. The summed E-state index contributed by atoms with van der Waals surface area (Å²) in [6, 6.07) is 0. The molecule has 86 valence electrons. The molecule has 0 aromatic carbocycles. The van der Waals surface area contributed by atoms with Gasteiger partial charge in [0.15, 0.2) is 0 Å². The van der Waals surface area contributed by atoms with Crippen LogP contribution in [-0.4, -0.2) is 25.2 Å². The monoisotopic (exact) mass is 215 g/mol. The average molecular weight is 215 g/mol. The van der Waals surface area contributed by atoms with Gasteiger partial charge in [-0.3, -0.25) is 0 Å². The van der Waals surface area contributed by atoms with Gasteiger partial charge in [-0.05, 0) is 13.8 Å². The largest absolute Gasteiger partial charge is 0.459 e. The molecule has 5 heteroatoms. The van der Waals surface area contributed by atoms with Gasteiger partial charge in [0.25, 0.3) is 0 Å². The predicted octanol–water partition coefficient (Wildman–Crippen LogP) is 1.39. The summed E-state index contributed by atoms with van der Waals surface area (Å²) in [4.78, 5) is 21.7. The maximum Gasteiger partial charge on any atom is 0.333 e. The minimum atomic E-state index is -0.489. The standard InChI is InChI=1S/C10H14O4.H3N/c1-7(2)9(11)13-5-6-14-10(12)8(3)4;/h1,3,5-6H2,2,4H3;1H3. The fraction of sp³-hybridized carbons (Fsp3) is 0.400. The van der Waals surface area contributed by atoms with Crippen LogP contribution < -0.4 is 6.15 Å². The number of carbonyl (C=O) groups excluding carboxylic acids is 2. The van der Waals surface area contributed by atoms with Gasteiger partial charge in [-0.1, -0.05) is 13.2 Å². The van der Waals surface area contributed by atoms with Crippen molar-refractivity contribution in [2.24, 2.45) is 0 Å². The Bertz CT molecular complexity index is 243. The van der Waals surface area contributed by atoms with Gasteiger partial charge in [-0.2, -0.15) is 0 Å². The molecule has 0 spiro atoms. The number of carbonyl (C=O) groups is 2. The molecule has 0 saturated heterocycles. The van der Waals surface area contributed by atoms with Crippen LogP contribution in [0.2, 0.25) is 0 Å². The second-order valence-corrected chi connectivity index (χ2v) is 2.83. The zero-order chi connectivity index (χ0) is 11.1. The molecule has 0 aliphatic carbocycles. The van der Waals surface area contributed by atoms with Crippen LogP contribution in [0.25, 0.3) is 0 Å². The predicted molar refractivity (Wildman–Crippen MR) is 56.6 cm³/mol. The molecule has 5 nitrogen and oxygen atoms in total. The third-order valence-corrected chi connectivity index (χ3v) is 1.25. The second kappa shape index (κ2) is 7.75. The van der Waals surface area contributed by atoms with Crippen LogP contribution >= 0.6 is 0 Å². The van der Waals surface area contributed by atoms with E-state index >= 15 is 0 Å². The van der Waals surface area contributed by atoms with Gasteiger partial charge in [-0.15, -0.1) is 0 Å². The van der Waals surface area contributed by atoms with E-state index in [1.54, 1.807) is 13.8 Å². The lowest BCUT2D eigenvalue weighted by Gasteiger charge is -2.05. The van der Waals surface area contributed by atoms with E-state index in [9.17, 15) is 9.59 Å². The van der Waals surface area contributed by atoms with Crippen molar-refractivity contribution in [1.82, 2.24) is 6.15 Å². The number of hydrogen-bond acceptors (Lipinski definition) is 5. The van der Waals surface area contributed by atoms with E-state index in [1.165, 1.54) is 0 Å². The van der Waals surface area contributed by atoms with Crippen LogP contribution in [0.4, 0.5) is 0 Å². The number of ether oxygens (including phenoxy) is 2. The quantitative estimate of drug-likeness (QED) is 0.425.